The molecule has 0 amide bonds. The van der Waals surface area contributed by atoms with E-state index in [2.05, 4.69) is 0 Å². The Hall–Kier alpha value is -1.22. The average molecular weight is 210 g/mol. The van der Waals surface area contributed by atoms with E-state index in [1.165, 1.54) is 18.2 Å². The topological polar surface area (TPSA) is 37.3 Å². The van der Waals surface area contributed by atoms with Gasteiger partial charge in [-0.1, -0.05) is 26.0 Å². The second kappa shape index (κ2) is 4.53. The van der Waals surface area contributed by atoms with E-state index in [0.29, 0.717) is 12.8 Å². The van der Waals surface area contributed by atoms with Crippen molar-refractivity contribution in [3.8, 4) is 0 Å². The fourth-order valence-corrected chi connectivity index (χ4v) is 1.47. The molecule has 3 heteroatoms. The molecule has 0 unspecified atom stereocenters. The summed E-state index contributed by atoms with van der Waals surface area (Å²) in [5, 5.41) is 9.97. The molecule has 0 aliphatic carbocycles. The maximum absolute atomic E-state index is 12.9. The maximum atomic E-state index is 12.9. The Balaban J connectivity index is 3.03. The highest BCUT2D eigenvalue weighted by Gasteiger charge is 2.32. The van der Waals surface area contributed by atoms with Crippen LogP contribution in [0.4, 0.5) is 4.39 Å². The van der Waals surface area contributed by atoms with E-state index in [9.17, 15) is 14.3 Å². The van der Waals surface area contributed by atoms with Crippen LogP contribution in [0.3, 0.4) is 0 Å². The van der Waals surface area contributed by atoms with Gasteiger partial charge in [0.2, 0.25) is 0 Å². The van der Waals surface area contributed by atoms with E-state index >= 15 is 0 Å². The summed E-state index contributed by atoms with van der Waals surface area (Å²) in [4.78, 5) is 11.9. The van der Waals surface area contributed by atoms with Gasteiger partial charge in [-0.3, -0.25) is 4.79 Å². The normalized spacial score (nSPS) is 11.5. The molecule has 0 atom stereocenters. The third-order valence-corrected chi connectivity index (χ3v) is 2.68. The highest BCUT2D eigenvalue weighted by Crippen LogP contribution is 2.21. The van der Waals surface area contributed by atoms with E-state index in [1.54, 1.807) is 13.8 Å². The van der Waals surface area contributed by atoms with Crippen molar-refractivity contribution in [2.45, 2.75) is 32.3 Å². The molecule has 82 valence electrons. The van der Waals surface area contributed by atoms with Crippen LogP contribution in [0.2, 0.25) is 0 Å². The fourth-order valence-electron chi connectivity index (χ4n) is 1.47. The number of aliphatic hydroxyl groups is 1. The second-order valence-corrected chi connectivity index (χ2v) is 3.58. The standard InChI is InChI=1S/C12H15FO2/c1-3-12(15,4-2)11(14)9-6-5-7-10(13)8-9/h5-8,15H,3-4H2,1-2H3. The van der Waals surface area contributed by atoms with Crippen molar-refractivity contribution >= 4 is 5.78 Å². The highest BCUT2D eigenvalue weighted by atomic mass is 19.1. The molecule has 0 heterocycles. The van der Waals surface area contributed by atoms with Crippen LogP contribution in [0, 0.1) is 5.82 Å². The number of hydrogen-bond donors (Lipinski definition) is 1. The molecule has 0 radical (unpaired) electrons. The molecule has 15 heavy (non-hydrogen) atoms. The lowest BCUT2D eigenvalue weighted by atomic mass is 9.88. The molecule has 0 saturated carbocycles. The zero-order valence-corrected chi connectivity index (χ0v) is 8.96. The highest BCUT2D eigenvalue weighted by molar-refractivity contribution is 6.02. The van der Waals surface area contributed by atoms with Crippen LogP contribution in [-0.2, 0) is 0 Å². The molecular weight excluding hydrogens is 195 g/mol. The van der Waals surface area contributed by atoms with Crippen molar-refractivity contribution in [2.24, 2.45) is 0 Å². The monoisotopic (exact) mass is 210 g/mol. The van der Waals surface area contributed by atoms with Crippen molar-refractivity contribution in [2.75, 3.05) is 0 Å². The first-order chi connectivity index (χ1) is 7.03. The van der Waals surface area contributed by atoms with Crippen LogP contribution in [0.15, 0.2) is 24.3 Å². The van der Waals surface area contributed by atoms with Crippen LogP contribution in [0.1, 0.15) is 37.0 Å². The van der Waals surface area contributed by atoms with Gasteiger partial charge in [0.05, 0.1) is 0 Å². The number of ketones is 1. The van der Waals surface area contributed by atoms with Gasteiger partial charge in [-0.05, 0) is 25.0 Å². The van der Waals surface area contributed by atoms with Crippen LogP contribution >= 0.6 is 0 Å². The SMILES string of the molecule is CCC(O)(CC)C(=O)c1cccc(F)c1. The van der Waals surface area contributed by atoms with Gasteiger partial charge in [0.15, 0.2) is 5.78 Å². The smallest absolute Gasteiger partial charge is 0.194 e. The van der Waals surface area contributed by atoms with Gasteiger partial charge < -0.3 is 5.11 Å². The summed E-state index contributed by atoms with van der Waals surface area (Å²) in [7, 11) is 0. The van der Waals surface area contributed by atoms with Gasteiger partial charge in [0.1, 0.15) is 11.4 Å². The number of carbonyl (C=O) groups excluding carboxylic acids is 1. The number of benzene rings is 1. The van der Waals surface area contributed by atoms with Gasteiger partial charge in [-0.25, -0.2) is 4.39 Å². The third kappa shape index (κ3) is 2.42. The minimum Gasteiger partial charge on any atom is -0.382 e. The number of Topliss-reactive ketones (excluding diaryl/α,β-unsaturated/α-hetero) is 1. The van der Waals surface area contributed by atoms with Gasteiger partial charge in [0, 0.05) is 5.56 Å². The second-order valence-electron chi connectivity index (χ2n) is 3.58. The lowest BCUT2D eigenvalue weighted by Gasteiger charge is -2.23. The average Bonchev–Trinajstić information content (AvgIpc) is 2.27. The van der Waals surface area contributed by atoms with Crippen molar-refractivity contribution in [3.05, 3.63) is 35.6 Å². The van der Waals surface area contributed by atoms with Crippen LogP contribution in [0.25, 0.3) is 0 Å². The molecule has 0 fully saturated rings. The molecule has 0 bridgehead atoms. The Bertz CT molecular complexity index is 356. The van der Waals surface area contributed by atoms with Gasteiger partial charge in [-0.2, -0.15) is 0 Å². The maximum Gasteiger partial charge on any atom is 0.194 e. The Morgan fingerprint density at radius 3 is 2.47 bits per heavy atom. The summed E-state index contributed by atoms with van der Waals surface area (Å²) < 4.78 is 12.9. The molecule has 0 aliphatic heterocycles. The molecule has 0 aliphatic rings. The zero-order valence-electron chi connectivity index (χ0n) is 8.96. The van der Waals surface area contributed by atoms with Crippen LogP contribution in [-0.4, -0.2) is 16.5 Å². The lowest BCUT2D eigenvalue weighted by Crippen LogP contribution is -2.37. The van der Waals surface area contributed by atoms with Crippen LogP contribution < -0.4 is 0 Å². The quantitative estimate of drug-likeness (QED) is 0.775. The molecule has 2 nitrogen and oxygen atoms in total. The number of hydrogen-bond acceptors (Lipinski definition) is 2. The van der Waals surface area contributed by atoms with Crippen molar-refractivity contribution in [3.63, 3.8) is 0 Å². The van der Waals surface area contributed by atoms with Crippen molar-refractivity contribution in [1.82, 2.24) is 0 Å². The Labute approximate surface area is 88.7 Å². The van der Waals surface area contributed by atoms with Crippen molar-refractivity contribution in [1.29, 1.82) is 0 Å². The number of rotatable bonds is 4. The van der Waals surface area contributed by atoms with E-state index in [1.807, 2.05) is 0 Å². The largest absolute Gasteiger partial charge is 0.382 e. The predicted octanol–water partition coefficient (Wildman–Crippen LogP) is 2.56. The summed E-state index contributed by atoms with van der Waals surface area (Å²) in [5.74, 6) is -0.873. The summed E-state index contributed by atoms with van der Waals surface area (Å²) in [5.41, 5.74) is -1.14. The van der Waals surface area contributed by atoms with E-state index in [0.717, 1.165) is 6.07 Å². The lowest BCUT2D eigenvalue weighted by molar-refractivity contribution is 0.0277. The summed E-state index contributed by atoms with van der Waals surface area (Å²) in [6, 6.07) is 5.41. The minimum absolute atomic E-state index is 0.223. The Kier molecular flexibility index (Phi) is 3.58. The zero-order chi connectivity index (χ0) is 11.5. The van der Waals surface area contributed by atoms with E-state index in [-0.39, 0.29) is 5.56 Å². The van der Waals surface area contributed by atoms with Gasteiger partial charge in [-0.15, -0.1) is 0 Å². The molecule has 1 rings (SSSR count). The first-order valence-corrected chi connectivity index (χ1v) is 5.06. The van der Waals surface area contributed by atoms with Crippen molar-refractivity contribution < 1.29 is 14.3 Å². The predicted molar refractivity (Wildman–Crippen MR) is 56.3 cm³/mol. The molecule has 0 aromatic heterocycles. The molecule has 0 saturated heterocycles. The summed E-state index contributed by atoms with van der Waals surface area (Å²) in [6.45, 7) is 3.47. The molecule has 0 spiro atoms. The summed E-state index contributed by atoms with van der Waals surface area (Å²) >= 11 is 0. The Morgan fingerprint density at radius 1 is 1.40 bits per heavy atom. The number of halogens is 1. The molecule has 1 aromatic carbocycles. The van der Waals surface area contributed by atoms with Gasteiger partial charge in [0.25, 0.3) is 0 Å². The molecule has 1 aromatic rings. The first-order valence-electron chi connectivity index (χ1n) is 5.06. The number of carbonyl (C=O) groups is 1. The summed E-state index contributed by atoms with van der Waals surface area (Å²) in [6.07, 6.45) is 0.664. The minimum atomic E-state index is -1.37. The van der Waals surface area contributed by atoms with E-state index in [4.69, 9.17) is 0 Å². The molecule has 1 N–H and O–H groups in total. The van der Waals surface area contributed by atoms with Crippen LogP contribution in [0.5, 0.6) is 0 Å². The Morgan fingerprint density at radius 2 is 2.00 bits per heavy atom. The fraction of sp³-hybridized carbons (Fsp3) is 0.417. The third-order valence-electron chi connectivity index (χ3n) is 2.68. The molecular formula is C12H15FO2. The first kappa shape index (κ1) is 11.9. The van der Waals surface area contributed by atoms with E-state index < -0.39 is 17.2 Å². The van der Waals surface area contributed by atoms with Gasteiger partial charge >= 0.3 is 0 Å².